The van der Waals surface area contributed by atoms with Gasteiger partial charge in [0.2, 0.25) is 6.29 Å². The number of hydrogen-bond donors (Lipinski definition) is 6. The van der Waals surface area contributed by atoms with Crippen LogP contribution in [0.1, 0.15) is 0 Å². The number of phenols is 3. The smallest absolute Gasteiger partial charge is 0.228 e. The number of rotatable bonds is 3. The maximum absolute atomic E-state index is 12.5. The quantitative estimate of drug-likeness (QED) is 0.327. The van der Waals surface area contributed by atoms with Gasteiger partial charge in [-0.1, -0.05) is 0 Å². The molecule has 0 saturated carbocycles. The van der Waals surface area contributed by atoms with Crippen molar-refractivity contribution in [2.45, 2.75) is 24.6 Å². The molecular weight excluding hydrogens is 400 g/mol. The summed E-state index contributed by atoms with van der Waals surface area (Å²) in [5, 5.41) is 58.5. The van der Waals surface area contributed by atoms with E-state index in [0.29, 0.717) is 5.56 Å². The predicted molar refractivity (Wildman–Crippen MR) is 101 cm³/mol. The molecule has 1 saturated heterocycles. The third-order valence-electron chi connectivity index (χ3n) is 4.75. The summed E-state index contributed by atoms with van der Waals surface area (Å²) in [5.41, 5.74) is -0.306. The normalized spacial score (nSPS) is 24.1. The number of phenolic OH excluding ortho intramolecular Hbond substituents is 3. The lowest BCUT2D eigenvalue weighted by Crippen LogP contribution is -2.54. The van der Waals surface area contributed by atoms with E-state index in [1.54, 1.807) is 0 Å². The minimum Gasteiger partial charge on any atom is -0.507 e. The van der Waals surface area contributed by atoms with E-state index in [0.717, 1.165) is 12.1 Å². The summed E-state index contributed by atoms with van der Waals surface area (Å²) in [6.45, 7) is -0.272. The predicted octanol–water partition coefficient (Wildman–Crippen LogP) is 0.395. The highest BCUT2D eigenvalue weighted by atomic mass is 16.7. The van der Waals surface area contributed by atoms with Crippen molar-refractivity contribution in [2.24, 2.45) is 0 Å². The Bertz CT molecular complexity index is 1150. The van der Waals surface area contributed by atoms with E-state index in [9.17, 15) is 35.4 Å². The number of hydrogen-bond acceptors (Lipinski definition) is 10. The van der Waals surface area contributed by atoms with Crippen molar-refractivity contribution < 1.29 is 44.5 Å². The van der Waals surface area contributed by atoms with Crippen LogP contribution >= 0.6 is 0 Å². The molecule has 0 unspecified atom stereocenters. The van der Waals surface area contributed by atoms with Crippen LogP contribution < -0.4 is 10.2 Å². The van der Waals surface area contributed by atoms with Crippen molar-refractivity contribution in [3.63, 3.8) is 0 Å². The van der Waals surface area contributed by atoms with E-state index in [-0.39, 0.29) is 34.8 Å². The van der Waals surface area contributed by atoms with Gasteiger partial charge < -0.3 is 44.5 Å². The van der Waals surface area contributed by atoms with Crippen molar-refractivity contribution in [1.82, 2.24) is 0 Å². The summed E-state index contributed by atoms with van der Waals surface area (Å²) in [4.78, 5) is 12.5. The molecule has 6 N–H and O–H groups in total. The highest BCUT2D eigenvalue weighted by Crippen LogP contribution is 2.34. The van der Waals surface area contributed by atoms with Crippen LogP contribution in [0.25, 0.3) is 22.3 Å². The number of fused-ring (bicyclic) bond motifs is 1. The molecule has 0 spiro atoms. The van der Waals surface area contributed by atoms with E-state index in [1.165, 1.54) is 24.3 Å². The van der Waals surface area contributed by atoms with E-state index in [2.05, 4.69) is 0 Å². The van der Waals surface area contributed by atoms with E-state index in [4.69, 9.17) is 13.9 Å². The maximum atomic E-state index is 12.5. The first-order valence-corrected chi connectivity index (χ1v) is 8.90. The van der Waals surface area contributed by atoms with Gasteiger partial charge in [0.15, 0.2) is 16.9 Å². The Balaban J connectivity index is 1.73. The Hall–Kier alpha value is -3.31. The zero-order chi connectivity index (χ0) is 21.6. The first-order chi connectivity index (χ1) is 14.2. The van der Waals surface area contributed by atoms with Gasteiger partial charge in [0, 0.05) is 23.8 Å². The Labute approximate surface area is 168 Å². The zero-order valence-electron chi connectivity index (χ0n) is 15.3. The molecule has 3 aromatic rings. The van der Waals surface area contributed by atoms with E-state index >= 15 is 0 Å². The zero-order valence-corrected chi connectivity index (χ0v) is 15.3. The SMILES string of the molecule is O=c1cc(-c2ccc(O)c(O)c2)oc2cc(O[C@@H]3OC[C@@H](O)[C@H](O)[C@H]3O)cc(O)c12. The molecule has 1 fully saturated rings. The molecule has 0 radical (unpaired) electrons. The molecule has 1 aromatic heterocycles. The summed E-state index contributed by atoms with van der Waals surface area (Å²) in [7, 11) is 0. The fourth-order valence-electron chi connectivity index (χ4n) is 3.15. The van der Waals surface area contributed by atoms with Gasteiger partial charge in [0.05, 0.1) is 6.61 Å². The number of aromatic hydroxyl groups is 3. The molecule has 30 heavy (non-hydrogen) atoms. The van der Waals surface area contributed by atoms with Crippen LogP contribution in [0.2, 0.25) is 0 Å². The summed E-state index contributed by atoms with van der Waals surface area (Å²) in [6, 6.07) is 7.40. The minimum atomic E-state index is -1.55. The molecule has 4 rings (SSSR count). The lowest BCUT2D eigenvalue weighted by Gasteiger charge is -2.34. The molecule has 1 aliphatic rings. The molecule has 0 amide bonds. The molecule has 2 heterocycles. The Kier molecular flexibility index (Phi) is 5.00. The molecule has 0 bridgehead atoms. The van der Waals surface area contributed by atoms with Gasteiger partial charge in [0.25, 0.3) is 0 Å². The lowest BCUT2D eigenvalue weighted by molar-refractivity contribution is -0.242. The summed E-state index contributed by atoms with van der Waals surface area (Å²) >= 11 is 0. The number of ether oxygens (including phenoxy) is 2. The average molecular weight is 418 g/mol. The molecule has 158 valence electrons. The van der Waals surface area contributed by atoms with Crippen LogP contribution in [0.4, 0.5) is 0 Å². The largest absolute Gasteiger partial charge is 0.507 e. The van der Waals surface area contributed by atoms with Gasteiger partial charge in [-0.05, 0) is 18.2 Å². The highest BCUT2D eigenvalue weighted by Gasteiger charge is 2.39. The number of aliphatic hydroxyl groups excluding tert-OH is 3. The van der Waals surface area contributed by atoms with Crippen LogP contribution in [0.3, 0.4) is 0 Å². The van der Waals surface area contributed by atoms with E-state index in [1.807, 2.05) is 0 Å². The Morgan fingerprint density at radius 3 is 2.40 bits per heavy atom. The molecule has 1 aliphatic heterocycles. The highest BCUT2D eigenvalue weighted by molar-refractivity contribution is 5.86. The van der Waals surface area contributed by atoms with Crippen LogP contribution in [-0.2, 0) is 4.74 Å². The van der Waals surface area contributed by atoms with Gasteiger partial charge in [-0.25, -0.2) is 0 Å². The standard InChI is InChI=1S/C20H18O10/c21-10-2-1-8(3-11(10)22)15-6-13(24)17-12(23)4-9(5-16(17)30-15)29-20-19(27)18(26)14(25)7-28-20/h1-6,14,18-23,25-27H,7H2/t14-,18+,19-,20+/m1/s1. The molecule has 10 nitrogen and oxygen atoms in total. The average Bonchev–Trinajstić information content (AvgIpc) is 2.70. The van der Waals surface area contributed by atoms with Crippen LogP contribution in [0.15, 0.2) is 45.6 Å². The van der Waals surface area contributed by atoms with Crippen molar-refractivity contribution >= 4 is 11.0 Å². The van der Waals surface area contributed by atoms with Crippen molar-refractivity contribution in [3.05, 3.63) is 46.6 Å². The van der Waals surface area contributed by atoms with Gasteiger partial charge in [-0.15, -0.1) is 0 Å². The monoisotopic (exact) mass is 418 g/mol. The number of aliphatic hydroxyl groups is 3. The Morgan fingerprint density at radius 1 is 0.900 bits per heavy atom. The Morgan fingerprint density at radius 2 is 1.67 bits per heavy atom. The fraction of sp³-hybridized carbons (Fsp3) is 0.250. The van der Waals surface area contributed by atoms with Crippen LogP contribution in [0.5, 0.6) is 23.0 Å². The molecule has 10 heteroatoms. The summed E-state index contributed by atoms with van der Waals surface area (Å²) in [5.74, 6) is -1.15. The number of benzene rings is 2. The second-order valence-electron chi connectivity index (χ2n) is 6.86. The van der Waals surface area contributed by atoms with Crippen LogP contribution in [-0.4, -0.2) is 61.8 Å². The van der Waals surface area contributed by atoms with Gasteiger partial charge >= 0.3 is 0 Å². The third kappa shape index (κ3) is 3.53. The molecule has 0 aliphatic carbocycles. The molecule has 4 atom stereocenters. The van der Waals surface area contributed by atoms with Crippen molar-refractivity contribution in [1.29, 1.82) is 0 Å². The van der Waals surface area contributed by atoms with E-state index < -0.39 is 41.5 Å². The minimum absolute atomic E-state index is 0.0264. The second-order valence-corrected chi connectivity index (χ2v) is 6.86. The van der Waals surface area contributed by atoms with Crippen molar-refractivity contribution in [2.75, 3.05) is 6.61 Å². The lowest BCUT2D eigenvalue weighted by atomic mass is 10.1. The van der Waals surface area contributed by atoms with Gasteiger partial charge in [-0.3, -0.25) is 4.79 Å². The maximum Gasteiger partial charge on any atom is 0.228 e. The first-order valence-electron chi connectivity index (χ1n) is 8.90. The van der Waals surface area contributed by atoms with Crippen molar-refractivity contribution in [3.8, 4) is 34.3 Å². The van der Waals surface area contributed by atoms with Gasteiger partial charge in [0.1, 0.15) is 46.5 Å². The third-order valence-corrected chi connectivity index (χ3v) is 4.75. The first kappa shape index (κ1) is 20.0. The van der Waals surface area contributed by atoms with Crippen LogP contribution in [0, 0.1) is 0 Å². The topological polar surface area (TPSA) is 170 Å². The molecule has 2 aromatic carbocycles. The van der Waals surface area contributed by atoms with Gasteiger partial charge in [-0.2, -0.15) is 0 Å². The molecular formula is C20H18O10. The summed E-state index contributed by atoms with van der Waals surface area (Å²) < 4.78 is 16.3. The fourth-order valence-corrected chi connectivity index (χ4v) is 3.15. The second kappa shape index (κ2) is 7.50. The summed E-state index contributed by atoms with van der Waals surface area (Å²) in [6.07, 6.45) is -5.63.